The minimum Gasteiger partial charge on any atom is -0.497 e. The van der Waals surface area contributed by atoms with Crippen LogP contribution in [0.25, 0.3) is 5.57 Å². The van der Waals surface area contributed by atoms with E-state index in [-0.39, 0.29) is 23.6 Å². The molecule has 0 unspecified atom stereocenters. The molecule has 27 heavy (non-hydrogen) atoms. The number of methoxy groups -OCH3 is 1. The van der Waals surface area contributed by atoms with Gasteiger partial charge in [0.1, 0.15) is 35.2 Å². The molecule has 1 aromatic heterocycles. The number of benzene rings is 1. The zero-order chi connectivity index (χ0) is 19.0. The van der Waals surface area contributed by atoms with E-state index in [4.69, 9.17) is 19.6 Å². The van der Waals surface area contributed by atoms with Gasteiger partial charge in [-0.25, -0.2) is 4.79 Å². The van der Waals surface area contributed by atoms with Crippen molar-refractivity contribution in [1.29, 1.82) is 0 Å². The van der Waals surface area contributed by atoms with Gasteiger partial charge in [-0.15, -0.1) is 11.8 Å². The smallest absolute Gasteiger partial charge is 0.355 e. The van der Waals surface area contributed by atoms with Crippen molar-refractivity contribution in [1.82, 2.24) is 4.90 Å². The minimum absolute atomic E-state index is 0.0870. The molecule has 8 heteroatoms. The van der Waals surface area contributed by atoms with Gasteiger partial charge in [0.25, 0.3) is 0 Å². The first kappa shape index (κ1) is 17.7. The molecule has 1 amide bonds. The summed E-state index contributed by atoms with van der Waals surface area (Å²) in [5.74, 6) is 0.934. The molecular formula is C19H18N2O5S. The molecule has 7 nitrogen and oxygen atoms in total. The molecule has 0 radical (unpaired) electrons. The number of carbonyl (C=O) groups excluding carboxylic acids is 2. The van der Waals surface area contributed by atoms with Gasteiger partial charge in [0.15, 0.2) is 0 Å². The Morgan fingerprint density at radius 2 is 2.11 bits per heavy atom. The van der Waals surface area contributed by atoms with E-state index in [1.807, 2.05) is 12.1 Å². The second-order valence-corrected chi connectivity index (χ2v) is 7.27. The van der Waals surface area contributed by atoms with Gasteiger partial charge >= 0.3 is 5.97 Å². The highest BCUT2D eigenvalue weighted by Crippen LogP contribution is 2.43. The number of rotatable bonds is 5. The van der Waals surface area contributed by atoms with Crippen LogP contribution < -0.4 is 10.5 Å². The van der Waals surface area contributed by atoms with Gasteiger partial charge in [-0.2, -0.15) is 0 Å². The summed E-state index contributed by atoms with van der Waals surface area (Å²) < 4.78 is 16.0. The van der Waals surface area contributed by atoms with E-state index in [0.29, 0.717) is 17.1 Å². The van der Waals surface area contributed by atoms with Gasteiger partial charge in [-0.05, 0) is 29.8 Å². The van der Waals surface area contributed by atoms with Crippen LogP contribution in [0.5, 0.6) is 5.75 Å². The third-order valence-electron chi connectivity index (χ3n) is 4.55. The predicted octanol–water partition coefficient (Wildman–Crippen LogP) is 1.99. The van der Waals surface area contributed by atoms with Gasteiger partial charge in [-0.3, -0.25) is 9.69 Å². The maximum absolute atomic E-state index is 12.9. The van der Waals surface area contributed by atoms with Crippen molar-refractivity contribution in [2.45, 2.75) is 18.0 Å². The molecular weight excluding hydrogens is 368 g/mol. The monoisotopic (exact) mass is 386 g/mol. The topological polar surface area (TPSA) is 95.0 Å². The van der Waals surface area contributed by atoms with Crippen LogP contribution in [0, 0.1) is 0 Å². The van der Waals surface area contributed by atoms with E-state index in [1.54, 1.807) is 31.4 Å². The molecule has 1 saturated heterocycles. The Kier molecular flexibility index (Phi) is 4.67. The first-order valence-corrected chi connectivity index (χ1v) is 9.42. The molecule has 2 N–H and O–H groups in total. The first-order valence-electron chi connectivity index (χ1n) is 8.37. The Labute approximate surface area is 160 Å². The Bertz CT molecular complexity index is 891. The third kappa shape index (κ3) is 3.11. The van der Waals surface area contributed by atoms with Gasteiger partial charge in [-0.1, -0.05) is 12.1 Å². The number of carbonyl (C=O) groups is 2. The van der Waals surface area contributed by atoms with E-state index in [2.05, 4.69) is 0 Å². The molecule has 3 heterocycles. The molecule has 4 rings (SSSR count). The average Bonchev–Trinajstić information content (AvgIpc) is 3.25. The Morgan fingerprint density at radius 1 is 1.33 bits per heavy atom. The van der Waals surface area contributed by atoms with Crippen molar-refractivity contribution >= 4 is 29.2 Å². The van der Waals surface area contributed by atoms with Crippen LogP contribution in [0.2, 0.25) is 0 Å². The number of amides is 1. The Morgan fingerprint density at radius 3 is 2.78 bits per heavy atom. The zero-order valence-corrected chi connectivity index (χ0v) is 15.4. The molecule has 0 bridgehead atoms. The predicted molar refractivity (Wildman–Crippen MR) is 99.5 cm³/mol. The number of nitrogens with two attached hydrogens (primary N) is 1. The number of β-lactam (4-membered cyclic amide) rings is 1. The summed E-state index contributed by atoms with van der Waals surface area (Å²) in [6.07, 6.45) is 1.53. The van der Waals surface area contributed by atoms with E-state index < -0.39 is 12.0 Å². The van der Waals surface area contributed by atoms with Crippen LogP contribution >= 0.6 is 11.8 Å². The molecule has 140 valence electrons. The molecule has 1 fully saturated rings. The molecule has 2 aliphatic rings. The molecule has 2 aliphatic heterocycles. The van der Waals surface area contributed by atoms with Gasteiger partial charge in [0.05, 0.1) is 13.4 Å². The van der Waals surface area contributed by atoms with Gasteiger partial charge in [0, 0.05) is 11.3 Å². The fourth-order valence-corrected chi connectivity index (χ4v) is 4.38. The van der Waals surface area contributed by atoms with Crippen LogP contribution in [-0.4, -0.2) is 41.1 Å². The lowest BCUT2D eigenvalue weighted by Gasteiger charge is -2.48. The number of furan rings is 1. The van der Waals surface area contributed by atoms with Crippen molar-refractivity contribution < 1.29 is 23.5 Å². The summed E-state index contributed by atoms with van der Waals surface area (Å²) in [7, 11) is 1.59. The summed E-state index contributed by atoms with van der Waals surface area (Å²) in [4.78, 5) is 26.5. The van der Waals surface area contributed by atoms with Crippen LogP contribution in [0.3, 0.4) is 0 Å². The summed E-state index contributed by atoms with van der Waals surface area (Å²) in [6, 6.07) is 10.1. The molecule has 2 atom stereocenters. The van der Waals surface area contributed by atoms with Crippen molar-refractivity contribution in [3.63, 3.8) is 0 Å². The minimum atomic E-state index is -0.600. The first-order chi connectivity index (χ1) is 13.1. The van der Waals surface area contributed by atoms with Crippen LogP contribution in [-0.2, 0) is 20.9 Å². The lowest BCUT2D eigenvalue weighted by atomic mass is 10.0. The summed E-state index contributed by atoms with van der Waals surface area (Å²) in [5, 5.41) is -0.250. The Hall–Kier alpha value is -2.71. The maximum atomic E-state index is 12.9. The van der Waals surface area contributed by atoms with Gasteiger partial charge < -0.3 is 19.6 Å². The largest absolute Gasteiger partial charge is 0.497 e. The number of hydrogen-bond donors (Lipinski definition) is 1. The Balaban J connectivity index is 1.58. The quantitative estimate of drug-likeness (QED) is 0.620. The lowest BCUT2D eigenvalue weighted by Crippen LogP contribution is -2.68. The number of thioether (sulfide) groups is 1. The number of ether oxygens (including phenoxy) is 2. The van der Waals surface area contributed by atoms with Crippen LogP contribution in [0.15, 0.2) is 52.8 Å². The summed E-state index contributed by atoms with van der Waals surface area (Å²) >= 11 is 1.51. The van der Waals surface area contributed by atoms with E-state index >= 15 is 0 Å². The maximum Gasteiger partial charge on any atom is 0.355 e. The van der Waals surface area contributed by atoms with Crippen molar-refractivity contribution in [3.8, 4) is 5.75 Å². The van der Waals surface area contributed by atoms with Gasteiger partial charge in [0.2, 0.25) is 5.91 Å². The number of hydrogen-bond acceptors (Lipinski definition) is 7. The third-order valence-corrected chi connectivity index (χ3v) is 5.85. The highest BCUT2D eigenvalue weighted by atomic mass is 32.2. The van der Waals surface area contributed by atoms with Crippen molar-refractivity contribution in [2.24, 2.45) is 5.73 Å². The fraction of sp³-hybridized carbons (Fsp3) is 0.263. The normalized spacial score (nSPS) is 21.6. The zero-order valence-electron chi connectivity index (χ0n) is 14.6. The fourth-order valence-electron chi connectivity index (χ4n) is 3.08. The molecule has 2 aromatic rings. The lowest BCUT2D eigenvalue weighted by molar-refractivity contribution is -0.151. The molecule has 0 spiro atoms. The van der Waals surface area contributed by atoms with Crippen LogP contribution in [0.1, 0.15) is 11.3 Å². The van der Waals surface area contributed by atoms with Crippen molar-refractivity contribution in [3.05, 3.63) is 59.7 Å². The second-order valence-electron chi connectivity index (χ2n) is 6.16. The summed E-state index contributed by atoms with van der Waals surface area (Å²) in [6.45, 7) is 0.0870. The van der Waals surface area contributed by atoms with E-state index in [1.165, 1.54) is 22.9 Å². The van der Waals surface area contributed by atoms with Crippen molar-refractivity contribution in [2.75, 3.05) is 12.9 Å². The standard InChI is InChI=1S/C19H18N2O5S/c1-24-12-6-4-11(5-7-12)9-26-19(23)16-13(14-3-2-8-25-14)10-27-18-15(20)17(22)21(16)18/h2-8,15,18H,9-10,20H2,1H3/t15-,18-/m0/s1. The summed E-state index contributed by atoms with van der Waals surface area (Å²) in [5.41, 5.74) is 7.55. The average molecular weight is 386 g/mol. The second kappa shape index (κ2) is 7.13. The van der Waals surface area contributed by atoms with E-state index in [0.717, 1.165) is 11.3 Å². The highest BCUT2D eigenvalue weighted by Gasteiger charge is 2.52. The molecule has 0 aliphatic carbocycles. The van der Waals surface area contributed by atoms with Crippen LogP contribution in [0.4, 0.5) is 0 Å². The highest BCUT2D eigenvalue weighted by molar-refractivity contribution is 8.00. The molecule has 1 aromatic carbocycles. The number of esters is 1. The number of nitrogens with zero attached hydrogens (tertiary/aromatic N) is 1. The molecule has 0 saturated carbocycles. The SMILES string of the molecule is COc1ccc(COC(=O)C2=C(c3ccco3)CS[C@H]3[C@@H](N)C(=O)N23)cc1. The number of fused-ring (bicyclic) bond motifs is 1. The van der Waals surface area contributed by atoms with E-state index in [9.17, 15) is 9.59 Å².